The van der Waals surface area contributed by atoms with Gasteiger partial charge in [-0.15, -0.1) is 0 Å². The Morgan fingerprint density at radius 1 is 1.37 bits per heavy atom. The molecule has 1 aliphatic heterocycles. The van der Waals surface area contributed by atoms with Gasteiger partial charge in [-0.3, -0.25) is 4.21 Å². The smallest absolute Gasteiger partial charge is 0.120 e. The molecule has 1 saturated heterocycles. The van der Waals surface area contributed by atoms with Crippen LogP contribution in [0.1, 0.15) is 19.3 Å². The van der Waals surface area contributed by atoms with Crippen molar-refractivity contribution in [1.29, 1.82) is 0 Å². The summed E-state index contributed by atoms with van der Waals surface area (Å²) in [5.74, 6) is 1.37. The lowest BCUT2D eigenvalue weighted by molar-refractivity contribution is 0.340. The zero-order chi connectivity index (χ0) is 13.7. The fourth-order valence-electron chi connectivity index (χ4n) is 2.37. The first-order valence-corrected chi connectivity index (χ1v) is 8.07. The first-order chi connectivity index (χ1) is 9.20. The van der Waals surface area contributed by atoms with Crippen LogP contribution in [0, 0.1) is 0 Å². The minimum atomic E-state index is -1.04. The van der Waals surface area contributed by atoms with Crippen LogP contribution in [0.3, 0.4) is 0 Å². The Hall–Kier alpha value is -1.07. The second kappa shape index (κ2) is 6.91. The normalized spacial score (nSPS) is 17.5. The fraction of sp³-hybridized carbons (Fsp3) is 0.571. The van der Waals surface area contributed by atoms with Crippen molar-refractivity contribution in [1.82, 2.24) is 4.90 Å². The lowest BCUT2D eigenvalue weighted by atomic mass is 10.3. The van der Waals surface area contributed by atoms with Gasteiger partial charge in [0, 0.05) is 11.4 Å². The number of rotatable bonds is 6. The van der Waals surface area contributed by atoms with Crippen LogP contribution in [-0.2, 0) is 10.8 Å². The molecule has 1 unspecified atom stereocenters. The van der Waals surface area contributed by atoms with Crippen molar-refractivity contribution in [2.24, 2.45) is 0 Å². The predicted molar refractivity (Wildman–Crippen MR) is 79.0 cm³/mol. The van der Waals surface area contributed by atoms with Gasteiger partial charge >= 0.3 is 0 Å². The summed E-state index contributed by atoms with van der Waals surface area (Å²) in [5.41, 5.74) is 6.46. The van der Waals surface area contributed by atoms with Crippen LogP contribution in [0.25, 0.3) is 0 Å². The Morgan fingerprint density at radius 3 is 2.79 bits per heavy atom. The van der Waals surface area contributed by atoms with E-state index in [9.17, 15) is 4.21 Å². The number of nitrogens with zero attached hydrogens (tertiary/aromatic N) is 1. The van der Waals surface area contributed by atoms with Crippen LogP contribution in [0.2, 0.25) is 0 Å². The Labute approximate surface area is 117 Å². The van der Waals surface area contributed by atoms with Crippen LogP contribution in [0.5, 0.6) is 5.75 Å². The highest BCUT2D eigenvalue weighted by Crippen LogP contribution is 2.23. The van der Waals surface area contributed by atoms with E-state index in [4.69, 9.17) is 10.5 Å². The number of likely N-dealkylation sites (tertiary alicyclic amines) is 1. The summed E-state index contributed by atoms with van der Waals surface area (Å²) >= 11 is 0. The van der Waals surface area contributed by atoms with Gasteiger partial charge in [-0.2, -0.15) is 0 Å². The van der Waals surface area contributed by atoms with E-state index in [1.807, 2.05) is 0 Å². The topological polar surface area (TPSA) is 55.6 Å². The molecule has 1 heterocycles. The Balaban J connectivity index is 1.88. The van der Waals surface area contributed by atoms with Crippen molar-refractivity contribution < 1.29 is 8.95 Å². The average molecular weight is 282 g/mol. The summed E-state index contributed by atoms with van der Waals surface area (Å²) in [4.78, 5) is 3.13. The molecule has 2 rings (SSSR count). The number of hydrogen-bond acceptors (Lipinski definition) is 4. The first-order valence-electron chi connectivity index (χ1n) is 6.75. The minimum Gasteiger partial charge on any atom is -0.497 e. The standard InChI is InChI=1S/C14H22N2O2S/c1-18-12-5-6-13(15)14(11-12)19(17)10-4-9-16-7-2-3-8-16/h5-6,11H,2-4,7-10,15H2,1H3. The van der Waals surface area contributed by atoms with Gasteiger partial charge in [0.05, 0.1) is 22.8 Å². The summed E-state index contributed by atoms with van der Waals surface area (Å²) in [6.45, 7) is 3.41. The molecule has 0 aliphatic carbocycles. The monoisotopic (exact) mass is 282 g/mol. The zero-order valence-corrected chi connectivity index (χ0v) is 12.2. The molecule has 106 valence electrons. The van der Waals surface area contributed by atoms with Gasteiger partial charge in [0.2, 0.25) is 0 Å². The SMILES string of the molecule is COc1ccc(N)c(S(=O)CCCN2CCCC2)c1. The molecule has 1 aromatic carbocycles. The van der Waals surface area contributed by atoms with E-state index in [0.29, 0.717) is 22.1 Å². The molecule has 0 amide bonds. The summed E-state index contributed by atoms with van der Waals surface area (Å²) < 4.78 is 17.4. The number of ether oxygens (including phenoxy) is 1. The Kier molecular flexibility index (Phi) is 5.22. The van der Waals surface area contributed by atoms with E-state index in [-0.39, 0.29) is 0 Å². The van der Waals surface area contributed by atoms with E-state index in [1.54, 1.807) is 25.3 Å². The van der Waals surface area contributed by atoms with Crippen LogP contribution in [-0.4, -0.2) is 41.6 Å². The quantitative estimate of drug-likeness (QED) is 0.809. The Morgan fingerprint density at radius 2 is 2.11 bits per heavy atom. The molecule has 0 spiro atoms. The van der Waals surface area contributed by atoms with Gasteiger partial charge in [-0.1, -0.05) is 0 Å². The van der Waals surface area contributed by atoms with Gasteiger partial charge in [-0.05, 0) is 57.1 Å². The molecule has 0 radical (unpaired) electrons. The van der Waals surface area contributed by atoms with Gasteiger partial charge in [0.1, 0.15) is 5.75 Å². The summed E-state index contributed by atoms with van der Waals surface area (Å²) in [5, 5.41) is 0. The third kappa shape index (κ3) is 3.94. The van der Waals surface area contributed by atoms with Crippen LogP contribution < -0.4 is 10.5 Å². The number of anilines is 1. The van der Waals surface area contributed by atoms with Crippen molar-refractivity contribution in [2.75, 3.05) is 38.2 Å². The number of hydrogen-bond donors (Lipinski definition) is 1. The number of benzene rings is 1. The molecule has 0 aromatic heterocycles. The average Bonchev–Trinajstić information content (AvgIpc) is 2.92. The molecule has 1 atom stereocenters. The van der Waals surface area contributed by atoms with Crippen molar-refractivity contribution in [3.05, 3.63) is 18.2 Å². The molecule has 5 heteroatoms. The number of nitrogen functional groups attached to an aromatic ring is 1. The van der Waals surface area contributed by atoms with E-state index in [1.165, 1.54) is 25.9 Å². The van der Waals surface area contributed by atoms with Gasteiger partial charge in [-0.25, -0.2) is 0 Å². The lowest BCUT2D eigenvalue weighted by Gasteiger charge is -2.14. The second-order valence-electron chi connectivity index (χ2n) is 4.86. The molecule has 4 nitrogen and oxygen atoms in total. The highest BCUT2D eigenvalue weighted by atomic mass is 32.2. The third-order valence-corrected chi connectivity index (χ3v) is 4.97. The van der Waals surface area contributed by atoms with E-state index >= 15 is 0 Å². The van der Waals surface area contributed by atoms with Gasteiger partial charge < -0.3 is 15.4 Å². The van der Waals surface area contributed by atoms with E-state index in [0.717, 1.165) is 13.0 Å². The van der Waals surface area contributed by atoms with Gasteiger partial charge in [0.15, 0.2) is 0 Å². The molecule has 0 saturated carbocycles. The van der Waals surface area contributed by atoms with Crippen molar-refractivity contribution in [3.8, 4) is 5.75 Å². The maximum atomic E-state index is 12.3. The third-order valence-electron chi connectivity index (χ3n) is 3.47. The molecular formula is C14H22N2O2S. The number of nitrogens with two attached hydrogens (primary N) is 1. The van der Waals surface area contributed by atoms with Crippen molar-refractivity contribution in [3.63, 3.8) is 0 Å². The molecule has 1 aliphatic rings. The maximum absolute atomic E-state index is 12.3. The number of methoxy groups -OCH3 is 1. The molecule has 1 aromatic rings. The first kappa shape index (κ1) is 14.3. The maximum Gasteiger partial charge on any atom is 0.120 e. The molecule has 2 N–H and O–H groups in total. The highest BCUT2D eigenvalue weighted by Gasteiger charge is 2.13. The second-order valence-corrected chi connectivity index (χ2v) is 6.39. The summed E-state index contributed by atoms with van der Waals surface area (Å²) in [6.07, 6.45) is 3.54. The van der Waals surface area contributed by atoms with Crippen LogP contribution in [0.4, 0.5) is 5.69 Å². The van der Waals surface area contributed by atoms with E-state index in [2.05, 4.69) is 4.90 Å². The largest absolute Gasteiger partial charge is 0.497 e. The molecule has 0 bridgehead atoms. The summed E-state index contributed by atoms with van der Waals surface area (Å²) in [7, 11) is 0.564. The zero-order valence-electron chi connectivity index (χ0n) is 11.4. The Bertz CT molecular complexity index is 445. The van der Waals surface area contributed by atoms with E-state index < -0.39 is 10.8 Å². The molecule has 1 fully saturated rings. The summed E-state index contributed by atoms with van der Waals surface area (Å²) in [6, 6.07) is 5.33. The van der Waals surface area contributed by atoms with Crippen molar-refractivity contribution in [2.45, 2.75) is 24.2 Å². The van der Waals surface area contributed by atoms with Crippen molar-refractivity contribution >= 4 is 16.5 Å². The van der Waals surface area contributed by atoms with Gasteiger partial charge in [0.25, 0.3) is 0 Å². The minimum absolute atomic E-state index is 0.584. The lowest BCUT2D eigenvalue weighted by Crippen LogP contribution is -2.21. The van der Waals surface area contributed by atoms with Crippen LogP contribution >= 0.6 is 0 Å². The molecule has 19 heavy (non-hydrogen) atoms. The highest BCUT2D eigenvalue weighted by molar-refractivity contribution is 7.85. The predicted octanol–water partition coefficient (Wildman–Crippen LogP) is 1.87. The van der Waals surface area contributed by atoms with Crippen LogP contribution in [0.15, 0.2) is 23.1 Å². The fourth-order valence-corrected chi connectivity index (χ4v) is 3.56. The molecular weight excluding hydrogens is 260 g/mol.